The summed E-state index contributed by atoms with van der Waals surface area (Å²) in [6, 6.07) is 0. The van der Waals surface area contributed by atoms with Gasteiger partial charge in [0.05, 0.1) is 0 Å². The van der Waals surface area contributed by atoms with Crippen LogP contribution in [0.25, 0.3) is 0 Å². The average molecular weight is 320 g/mol. The van der Waals surface area contributed by atoms with Gasteiger partial charge in [-0.2, -0.15) is 13.2 Å². The molecule has 7 heteroatoms. The van der Waals surface area contributed by atoms with E-state index in [9.17, 15) is 22.8 Å². The zero-order valence-corrected chi connectivity index (χ0v) is 13.1. The molecule has 2 amide bonds. The largest absolute Gasteiger partial charge is 0.471 e. The molecule has 0 bridgehead atoms. The lowest BCUT2D eigenvalue weighted by atomic mass is 9.82. The van der Waals surface area contributed by atoms with Gasteiger partial charge < -0.3 is 9.80 Å². The summed E-state index contributed by atoms with van der Waals surface area (Å²) in [4.78, 5) is 26.3. The Kier molecular flexibility index (Phi) is 4.73. The number of nitrogens with zero attached hydrogens (tertiary/aromatic N) is 2. The lowest BCUT2D eigenvalue weighted by Gasteiger charge is -2.40. The SMILES string of the molecule is CC1(C)CCN(C(=O)C2CCN(C(=O)C(F)(F)F)CC2)CC1. The van der Waals surface area contributed by atoms with E-state index in [-0.39, 0.29) is 30.3 Å². The van der Waals surface area contributed by atoms with Crippen molar-refractivity contribution in [2.75, 3.05) is 26.2 Å². The maximum Gasteiger partial charge on any atom is 0.471 e. The number of hydrogen-bond acceptors (Lipinski definition) is 2. The molecule has 126 valence electrons. The predicted octanol–water partition coefficient (Wildman–Crippen LogP) is 2.44. The van der Waals surface area contributed by atoms with E-state index in [4.69, 9.17) is 0 Å². The minimum atomic E-state index is -4.82. The fourth-order valence-corrected chi connectivity index (χ4v) is 3.10. The van der Waals surface area contributed by atoms with Crippen molar-refractivity contribution in [2.45, 2.75) is 45.7 Å². The van der Waals surface area contributed by atoms with Crippen LogP contribution < -0.4 is 0 Å². The zero-order valence-electron chi connectivity index (χ0n) is 13.1. The normalized spacial score (nSPS) is 23.5. The molecule has 2 saturated heterocycles. The van der Waals surface area contributed by atoms with Crippen molar-refractivity contribution in [1.82, 2.24) is 9.80 Å². The summed E-state index contributed by atoms with van der Waals surface area (Å²) in [5.74, 6) is -2.01. The van der Waals surface area contributed by atoms with Crippen LogP contribution in [0, 0.1) is 11.3 Å². The van der Waals surface area contributed by atoms with Gasteiger partial charge in [0.25, 0.3) is 0 Å². The first-order chi connectivity index (χ1) is 10.1. The van der Waals surface area contributed by atoms with E-state index in [0.29, 0.717) is 25.9 Å². The van der Waals surface area contributed by atoms with Crippen molar-refractivity contribution in [3.8, 4) is 0 Å². The third kappa shape index (κ3) is 3.93. The smallest absolute Gasteiger partial charge is 0.342 e. The maximum absolute atomic E-state index is 12.4. The van der Waals surface area contributed by atoms with E-state index in [0.717, 1.165) is 17.7 Å². The maximum atomic E-state index is 12.4. The Labute approximate surface area is 128 Å². The van der Waals surface area contributed by atoms with Crippen molar-refractivity contribution in [3.05, 3.63) is 0 Å². The molecule has 2 fully saturated rings. The fraction of sp³-hybridized carbons (Fsp3) is 0.867. The number of carbonyl (C=O) groups excluding carboxylic acids is 2. The lowest BCUT2D eigenvalue weighted by molar-refractivity contribution is -0.187. The fourth-order valence-electron chi connectivity index (χ4n) is 3.10. The van der Waals surface area contributed by atoms with Crippen LogP contribution in [0.5, 0.6) is 0 Å². The first-order valence-electron chi connectivity index (χ1n) is 7.75. The average Bonchev–Trinajstić information content (AvgIpc) is 2.45. The van der Waals surface area contributed by atoms with Crippen LogP contribution in [0.3, 0.4) is 0 Å². The number of hydrogen-bond donors (Lipinski definition) is 0. The second-order valence-electron chi connectivity index (χ2n) is 7.05. The van der Waals surface area contributed by atoms with Gasteiger partial charge in [0.15, 0.2) is 0 Å². The predicted molar refractivity (Wildman–Crippen MR) is 75.0 cm³/mol. The van der Waals surface area contributed by atoms with Gasteiger partial charge in [-0.1, -0.05) is 13.8 Å². The summed E-state index contributed by atoms with van der Waals surface area (Å²) in [6.45, 7) is 5.80. The van der Waals surface area contributed by atoms with Gasteiger partial charge in [0, 0.05) is 32.1 Å². The van der Waals surface area contributed by atoms with E-state index < -0.39 is 12.1 Å². The number of likely N-dealkylation sites (tertiary alicyclic amines) is 2. The topological polar surface area (TPSA) is 40.6 Å². The van der Waals surface area contributed by atoms with Gasteiger partial charge in [0.1, 0.15) is 0 Å². The van der Waals surface area contributed by atoms with Crippen LogP contribution in [-0.2, 0) is 9.59 Å². The molecule has 0 unspecified atom stereocenters. The molecule has 0 saturated carbocycles. The highest BCUT2D eigenvalue weighted by Gasteiger charge is 2.44. The highest BCUT2D eigenvalue weighted by atomic mass is 19.4. The monoisotopic (exact) mass is 320 g/mol. The highest BCUT2D eigenvalue weighted by molar-refractivity contribution is 5.83. The summed E-state index contributed by atoms with van der Waals surface area (Å²) < 4.78 is 37.2. The van der Waals surface area contributed by atoms with E-state index in [2.05, 4.69) is 13.8 Å². The second-order valence-corrected chi connectivity index (χ2v) is 7.05. The lowest BCUT2D eigenvalue weighted by Crippen LogP contribution is -2.49. The van der Waals surface area contributed by atoms with Gasteiger partial charge >= 0.3 is 12.1 Å². The molecule has 0 radical (unpaired) electrons. The Morgan fingerprint density at radius 1 is 0.955 bits per heavy atom. The third-order valence-corrected chi connectivity index (χ3v) is 4.80. The number of halogens is 3. The van der Waals surface area contributed by atoms with Gasteiger partial charge in [-0.15, -0.1) is 0 Å². The molecule has 2 aliphatic heterocycles. The van der Waals surface area contributed by atoms with Gasteiger partial charge in [0.2, 0.25) is 5.91 Å². The Morgan fingerprint density at radius 3 is 1.91 bits per heavy atom. The van der Waals surface area contributed by atoms with E-state index in [1.807, 2.05) is 4.90 Å². The number of amides is 2. The number of rotatable bonds is 1. The Hall–Kier alpha value is -1.27. The molecule has 2 rings (SSSR count). The minimum Gasteiger partial charge on any atom is -0.342 e. The van der Waals surface area contributed by atoms with Crippen LogP contribution in [0.15, 0.2) is 0 Å². The quantitative estimate of drug-likeness (QED) is 0.744. The molecular weight excluding hydrogens is 297 g/mol. The minimum absolute atomic E-state index is 0.00802. The molecule has 0 aromatic heterocycles. The second kappa shape index (κ2) is 6.08. The summed E-state index contributed by atoms with van der Waals surface area (Å²) in [5.41, 5.74) is 0.249. The standard InChI is InChI=1S/C15H23F3N2O2/c1-14(2)5-9-19(10-6-14)12(21)11-3-7-20(8-4-11)13(22)15(16,17)18/h11H,3-10H2,1-2H3. The first kappa shape index (κ1) is 17.1. The van der Waals surface area contributed by atoms with Crippen molar-refractivity contribution >= 4 is 11.8 Å². The van der Waals surface area contributed by atoms with Gasteiger partial charge in [-0.25, -0.2) is 0 Å². The summed E-state index contributed by atoms with van der Waals surface area (Å²) in [5, 5.41) is 0. The molecule has 0 aromatic carbocycles. The van der Waals surface area contributed by atoms with Crippen LogP contribution in [0.2, 0.25) is 0 Å². The summed E-state index contributed by atoms with van der Waals surface area (Å²) >= 11 is 0. The zero-order chi connectivity index (χ0) is 16.5. The van der Waals surface area contributed by atoms with Crippen molar-refractivity contribution in [2.24, 2.45) is 11.3 Å². The molecule has 2 aliphatic rings. The van der Waals surface area contributed by atoms with Crippen molar-refractivity contribution in [1.29, 1.82) is 0 Å². The Morgan fingerprint density at radius 2 is 1.45 bits per heavy atom. The Balaban J connectivity index is 1.84. The van der Waals surface area contributed by atoms with Crippen LogP contribution in [0.1, 0.15) is 39.5 Å². The first-order valence-corrected chi connectivity index (χ1v) is 7.75. The summed E-state index contributed by atoms with van der Waals surface area (Å²) in [6.07, 6.45) is -2.29. The highest BCUT2D eigenvalue weighted by Crippen LogP contribution is 2.31. The van der Waals surface area contributed by atoms with Crippen LogP contribution in [0.4, 0.5) is 13.2 Å². The molecule has 0 spiro atoms. The number of piperidine rings is 2. The third-order valence-electron chi connectivity index (χ3n) is 4.80. The van der Waals surface area contributed by atoms with Crippen LogP contribution in [-0.4, -0.2) is 54.0 Å². The molecule has 0 aliphatic carbocycles. The molecule has 0 N–H and O–H groups in total. The molecule has 22 heavy (non-hydrogen) atoms. The van der Waals surface area contributed by atoms with E-state index in [1.165, 1.54) is 0 Å². The summed E-state index contributed by atoms with van der Waals surface area (Å²) in [7, 11) is 0. The van der Waals surface area contributed by atoms with Gasteiger partial charge in [-0.3, -0.25) is 9.59 Å². The van der Waals surface area contributed by atoms with E-state index in [1.54, 1.807) is 0 Å². The van der Waals surface area contributed by atoms with E-state index >= 15 is 0 Å². The molecule has 2 heterocycles. The molecule has 4 nitrogen and oxygen atoms in total. The van der Waals surface area contributed by atoms with Crippen molar-refractivity contribution < 1.29 is 22.8 Å². The number of alkyl halides is 3. The van der Waals surface area contributed by atoms with Gasteiger partial charge in [-0.05, 0) is 31.1 Å². The molecule has 0 aromatic rings. The molecular formula is C15H23F3N2O2. The Bertz CT molecular complexity index is 431. The van der Waals surface area contributed by atoms with Crippen molar-refractivity contribution in [3.63, 3.8) is 0 Å². The van der Waals surface area contributed by atoms with Crippen LogP contribution >= 0.6 is 0 Å². The number of carbonyl (C=O) groups is 2. The molecule has 0 atom stereocenters.